The van der Waals surface area contributed by atoms with Crippen LogP contribution in [0, 0.1) is 0 Å². The van der Waals surface area contributed by atoms with E-state index in [0.717, 1.165) is 5.56 Å². The van der Waals surface area contributed by atoms with Crippen LogP contribution < -0.4 is 0 Å². The minimum absolute atomic E-state index is 0.427. The Morgan fingerprint density at radius 3 is 2.50 bits per heavy atom. The van der Waals surface area contributed by atoms with Gasteiger partial charge < -0.3 is 10.0 Å². The molecule has 0 aliphatic heterocycles. The molecule has 0 heterocycles. The molecule has 0 fully saturated rings. The van der Waals surface area contributed by atoms with E-state index < -0.39 is 6.10 Å². The van der Waals surface area contributed by atoms with Crippen LogP contribution in [0.5, 0.6) is 0 Å². The maximum absolute atomic E-state index is 10.4. The Labute approximate surface area is 122 Å². The number of hydrogen-bond acceptors (Lipinski definition) is 2. The van der Waals surface area contributed by atoms with E-state index in [0.29, 0.717) is 12.6 Å². The molecule has 0 aromatic heterocycles. The van der Waals surface area contributed by atoms with Gasteiger partial charge in [0.05, 0.1) is 6.10 Å². The maximum atomic E-state index is 10.4. The van der Waals surface area contributed by atoms with E-state index in [9.17, 15) is 5.11 Å². The van der Waals surface area contributed by atoms with Crippen molar-refractivity contribution in [3.8, 4) is 0 Å². The van der Waals surface area contributed by atoms with Crippen molar-refractivity contribution in [2.24, 2.45) is 0 Å². The van der Waals surface area contributed by atoms with Crippen LogP contribution in [-0.4, -0.2) is 29.6 Å². The fourth-order valence-electron chi connectivity index (χ4n) is 2.61. The molecule has 2 atom stereocenters. The quantitative estimate of drug-likeness (QED) is 0.858. The molecule has 2 heteroatoms. The molecule has 20 heavy (non-hydrogen) atoms. The molecule has 2 aromatic rings. The Balaban J connectivity index is 2.08. The van der Waals surface area contributed by atoms with Crippen molar-refractivity contribution in [2.45, 2.75) is 38.8 Å². The van der Waals surface area contributed by atoms with Crippen molar-refractivity contribution in [1.29, 1.82) is 0 Å². The number of likely N-dealkylation sites (N-methyl/N-ethyl adjacent to an activating group) is 1. The number of aliphatic hydroxyl groups is 1. The van der Waals surface area contributed by atoms with Crippen molar-refractivity contribution in [3.63, 3.8) is 0 Å². The van der Waals surface area contributed by atoms with Gasteiger partial charge in [-0.15, -0.1) is 0 Å². The number of aliphatic hydroxyl groups excluding tert-OH is 1. The topological polar surface area (TPSA) is 23.5 Å². The highest BCUT2D eigenvalue weighted by Crippen LogP contribution is 2.21. The number of fused-ring (bicyclic) bond motifs is 1. The minimum atomic E-state index is -0.427. The van der Waals surface area contributed by atoms with Gasteiger partial charge in [-0.25, -0.2) is 0 Å². The summed E-state index contributed by atoms with van der Waals surface area (Å²) >= 11 is 0. The van der Waals surface area contributed by atoms with Gasteiger partial charge in [0.2, 0.25) is 0 Å². The molecule has 2 nitrogen and oxygen atoms in total. The lowest BCUT2D eigenvalue weighted by Crippen LogP contribution is -2.32. The second-order valence-corrected chi connectivity index (χ2v) is 5.70. The van der Waals surface area contributed by atoms with E-state index in [2.05, 4.69) is 50.1 Å². The lowest BCUT2D eigenvalue weighted by molar-refractivity contribution is 0.106. The standard InChI is InChI=1S/C18H25NO/c1-4-7-14(2)19(3)13-18(20)17-11-10-15-8-5-6-9-16(15)12-17/h5-6,8-12,14,18,20H,4,7,13H2,1-3H3. The van der Waals surface area contributed by atoms with Crippen LogP contribution in [0.15, 0.2) is 42.5 Å². The molecular formula is C18H25NO. The van der Waals surface area contributed by atoms with Crippen molar-refractivity contribution >= 4 is 10.8 Å². The van der Waals surface area contributed by atoms with Gasteiger partial charge in [0, 0.05) is 12.6 Å². The average molecular weight is 271 g/mol. The third-order valence-corrected chi connectivity index (χ3v) is 4.08. The summed E-state index contributed by atoms with van der Waals surface area (Å²) in [5, 5.41) is 12.8. The van der Waals surface area contributed by atoms with Gasteiger partial charge in [0.15, 0.2) is 0 Å². The molecule has 108 valence electrons. The van der Waals surface area contributed by atoms with E-state index in [1.165, 1.54) is 23.6 Å². The summed E-state index contributed by atoms with van der Waals surface area (Å²) in [6, 6.07) is 15.0. The summed E-state index contributed by atoms with van der Waals surface area (Å²) < 4.78 is 0. The number of hydrogen-bond donors (Lipinski definition) is 1. The second kappa shape index (κ2) is 6.87. The SMILES string of the molecule is CCCC(C)N(C)CC(O)c1ccc2ccccc2c1. The molecule has 0 amide bonds. The second-order valence-electron chi connectivity index (χ2n) is 5.70. The molecule has 0 radical (unpaired) electrons. The van der Waals surface area contributed by atoms with Gasteiger partial charge in [-0.3, -0.25) is 0 Å². The molecule has 0 saturated heterocycles. The molecule has 0 bridgehead atoms. The Bertz CT molecular complexity index is 552. The predicted octanol–water partition coefficient (Wildman–Crippen LogP) is 3.99. The van der Waals surface area contributed by atoms with Crippen LogP contribution in [0.3, 0.4) is 0 Å². The molecule has 0 saturated carbocycles. The fourth-order valence-corrected chi connectivity index (χ4v) is 2.61. The summed E-state index contributed by atoms with van der Waals surface area (Å²) in [4.78, 5) is 2.24. The number of nitrogens with zero attached hydrogens (tertiary/aromatic N) is 1. The van der Waals surface area contributed by atoms with Gasteiger partial charge >= 0.3 is 0 Å². The summed E-state index contributed by atoms with van der Waals surface area (Å²) in [6.45, 7) is 5.10. The zero-order valence-corrected chi connectivity index (χ0v) is 12.7. The van der Waals surface area contributed by atoms with Gasteiger partial charge in [-0.2, -0.15) is 0 Å². The van der Waals surface area contributed by atoms with Gasteiger partial charge in [0.1, 0.15) is 0 Å². The Morgan fingerprint density at radius 1 is 1.10 bits per heavy atom. The highest BCUT2D eigenvalue weighted by Gasteiger charge is 2.14. The summed E-state index contributed by atoms with van der Waals surface area (Å²) in [7, 11) is 2.09. The van der Waals surface area contributed by atoms with Gasteiger partial charge in [0.25, 0.3) is 0 Å². The molecule has 2 unspecified atom stereocenters. The molecule has 0 spiro atoms. The first-order valence-electron chi connectivity index (χ1n) is 7.48. The van der Waals surface area contributed by atoms with Gasteiger partial charge in [-0.1, -0.05) is 49.7 Å². The zero-order valence-electron chi connectivity index (χ0n) is 12.7. The van der Waals surface area contributed by atoms with E-state index in [1.54, 1.807) is 0 Å². The summed E-state index contributed by atoms with van der Waals surface area (Å²) in [5.41, 5.74) is 0.999. The lowest BCUT2D eigenvalue weighted by atomic mass is 10.0. The highest BCUT2D eigenvalue weighted by atomic mass is 16.3. The monoisotopic (exact) mass is 271 g/mol. The molecule has 2 rings (SSSR count). The van der Waals surface area contributed by atoms with Crippen LogP contribution in [0.1, 0.15) is 38.4 Å². The molecule has 0 aliphatic rings. The fraction of sp³-hybridized carbons (Fsp3) is 0.444. The molecule has 2 aromatic carbocycles. The van der Waals surface area contributed by atoms with Crippen LogP contribution >= 0.6 is 0 Å². The normalized spacial score (nSPS) is 14.7. The Kier molecular flexibility index (Phi) is 5.16. The van der Waals surface area contributed by atoms with Crippen LogP contribution in [0.4, 0.5) is 0 Å². The Hall–Kier alpha value is -1.38. The summed E-state index contributed by atoms with van der Waals surface area (Å²) in [5.74, 6) is 0. The van der Waals surface area contributed by atoms with Crippen LogP contribution in [0.25, 0.3) is 10.8 Å². The van der Waals surface area contributed by atoms with Crippen LogP contribution in [0.2, 0.25) is 0 Å². The molecule has 0 aliphatic carbocycles. The largest absolute Gasteiger partial charge is 0.387 e. The first-order valence-corrected chi connectivity index (χ1v) is 7.48. The molecule has 1 N–H and O–H groups in total. The maximum Gasteiger partial charge on any atom is 0.0917 e. The predicted molar refractivity (Wildman–Crippen MR) is 85.9 cm³/mol. The molecular weight excluding hydrogens is 246 g/mol. The lowest BCUT2D eigenvalue weighted by Gasteiger charge is -2.27. The number of benzene rings is 2. The smallest absolute Gasteiger partial charge is 0.0917 e. The van der Waals surface area contributed by atoms with Crippen molar-refractivity contribution < 1.29 is 5.11 Å². The van der Waals surface area contributed by atoms with Crippen molar-refractivity contribution in [3.05, 3.63) is 48.0 Å². The number of rotatable bonds is 6. The third-order valence-electron chi connectivity index (χ3n) is 4.08. The first-order chi connectivity index (χ1) is 9.61. The van der Waals surface area contributed by atoms with Crippen molar-refractivity contribution in [1.82, 2.24) is 4.90 Å². The van der Waals surface area contributed by atoms with E-state index in [1.807, 2.05) is 18.2 Å². The average Bonchev–Trinajstić information content (AvgIpc) is 2.46. The first kappa shape index (κ1) is 15.0. The Morgan fingerprint density at radius 2 is 1.80 bits per heavy atom. The van der Waals surface area contributed by atoms with E-state index >= 15 is 0 Å². The van der Waals surface area contributed by atoms with E-state index in [-0.39, 0.29) is 0 Å². The van der Waals surface area contributed by atoms with Crippen molar-refractivity contribution in [2.75, 3.05) is 13.6 Å². The third kappa shape index (κ3) is 3.59. The zero-order chi connectivity index (χ0) is 14.5. The van der Waals surface area contributed by atoms with Gasteiger partial charge in [-0.05, 0) is 42.8 Å². The van der Waals surface area contributed by atoms with Crippen LogP contribution in [-0.2, 0) is 0 Å². The minimum Gasteiger partial charge on any atom is -0.387 e. The highest BCUT2D eigenvalue weighted by molar-refractivity contribution is 5.83. The van der Waals surface area contributed by atoms with E-state index in [4.69, 9.17) is 0 Å². The summed E-state index contributed by atoms with van der Waals surface area (Å²) in [6.07, 6.45) is 1.92.